The summed E-state index contributed by atoms with van der Waals surface area (Å²) in [6.07, 6.45) is 4.00. The number of aromatic nitrogens is 3. The Morgan fingerprint density at radius 3 is 2.87 bits per heavy atom. The molecule has 0 unspecified atom stereocenters. The second kappa shape index (κ2) is 7.10. The molecule has 7 nitrogen and oxygen atoms in total. The van der Waals surface area contributed by atoms with Crippen molar-refractivity contribution in [2.75, 3.05) is 31.2 Å². The van der Waals surface area contributed by atoms with Gasteiger partial charge >= 0.3 is 0 Å². The second-order valence-corrected chi connectivity index (χ2v) is 5.05. The van der Waals surface area contributed by atoms with Gasteiger partial charge in [-0.1, -0.05) is 0 Å². The zero-order valence-corrected chi connectivity index (χ0v) is 12.4. The molecule has 2 aromatic rings. The minimum Gasteiger partial charge on any atom is -0.378 e. The van der Waals surface area contributed by atoms with Crippen LogP contribution < -0.4 is 10.2 Å². The summed E-state index contributed by atoms with van der Waals surface area (Å²) in [5.41, 5.74) is 1.03. The van der Waals surface area contributed by atoms with Gasteiger partial charge in [0, 0.05) is 25.2 Å². The van der Waals surface area contributed by atoms with Gasteiger partial charge in [-0.15, -0.1) is 0 Å². The summed E-state index contributed by atoms with van der Waals surface area (Å²) >= 11 is 0. The summed E-state index contributed by atoms with van der Waals surface area (Å²) in [5.74, 6) is -0.0585. The van der Waals surface area contributed by atoms with Crippen molar-refractivity contribution in [1.29, 1.82) is 0 Å². The average Bonchev–Trinajstić information content (AvgIpc) is 2.61. The van der Waals surface area contributed by atoms with Crippen LogP contribution in [0.25, 0.3) is 0 Å². The number of anilines is 1. The SMILES string of the molecule is O=C(NCc1cc(F)cnc1N1CCOCC1)c1ccnnc1. The monoisotopic (exact) mass is 317 g/mol. The molecule has 2 aromatic heterocycles. The zero-order valence-electron chi connectivity index (χ0n) is 12.4. The minimum absolute atomic E-state index is 0.179. The number of carbonyl (C=O) groups excluding carboxylic acids is 1. The van der Waals surface area contributed by atoms with Gasteiger partial charge < -0.3 is 15.0 Å². The Morgan fingerprint density at radius 1 is 1.30 bits per heavy atom. The van der Waals surface area contributed by atoms with Crippen LogP contribution in [0.1, 0.15) is 15.9 Å². The Morgan fingerprint density at radius 2 is 2.13 bits per heavy atom. The quantitative estimate of drug-likeness (QED) is 0.897. The maximum Gasteiger partial charge on any atom is 0.253 e. The van der Waals surface area contributed by atoms with Crippen LogP contribution in [-0.2, 0) is 11.3 Å². The van der Waals surface area contributed by atoms with Crippen LogP contribution in [0.2, 0.25) is 0 Å². The molecule has 8 heteroatoms. The molecule has 1 saturated heterocycles. The van der Waals surface area contributed by atoms with Gasteiger partial charge in [0.1, 0.15) is 11.6 Å². The fourth-order valence-electron chi connectivity index (χ4n) is 2.37. The topological polar surface area (TPSA) is 80.2 Å². The van der Waals surface area contributed by atoms with Gasteiger partial charge in [0.05, 0.1) is 37.4 Å². The van der Waals surface area contributed by atoms with Crippen molar-refractivity contribution in [2.24, 2.45) is 0 Å². The van der Waals surface area contributed by atoms with E-state index in [2.05, 4.69) is 20.5 Å². The molecule has 1 aliphatic heterocycles. The molecule has 23 heavy (non-hydrogen) atoms. The number of pyridine rings is 1. The first-order valence-corrected chi connectivity index (χ1v) is 7.26. The number of hydrogen-bond donors (Lipinski definition) is 1. The molecule has 1 amide bonds. The number of rotatable bonds is 4. The first-order valence-electron chi connectivity index (χ1n) is 7.26. The lowest BCUT2D eigenvalue weighted by atomic mass is 10.2. The Bertz CT molecular complexity index is 677. The fourth-order valence-corrected chi connectivity index (χ4v) is 2.37. The van der Waals surface area contributed by atoms with Crippen molar-refractivity contribution in [1.82, 2.24) is 20.5 Å². The molecule has 0 aliphatic carbocycles. The molecule has 0 spiro atoms. The van der Waals surface area contributed by atoms with Gasteiger partial charge in [-0.05, 0) is 12.1 Å². The van der Waals surface area contributed by atoms with Crippen molar-refractivity contribution in [3.8, 4) is 0 Å². The minimum atomic E-state index is -0.433. The first kappa shape index (κ1) is 15.3. The van der Waals surface area contributed by atoms with Gasteiger partial charge in [0.15, 0.2) is 0 Å². The number of nitrogens with one attached hydrogen (secondary N) is 1. The number of halogens is 1. The van der Waals surface area contributed by atoms with Crippen LogP contribution in [-0.4, -0.2) is 47.4 Å². The standard InChI is InChI=1S/C15H16FN5O2/c16-13-7-12(8-18-15(22)11-1-2-19-20-9-11)14(17-10-13)21-3-5-23-6-4-21/h1-2,7,9-10H,3-6,8H2,(H,18,22). The molecule has 0 atom stereocenters. The van der Waals surface area contributed by atoms with Crippen molar-refractivity contribution in [2.45, 2.75) is 6.54 Å². The molecule has 0 aromatic carbocycles. The maximum absolute atomic E-state index is 13.5. The number of morpholine rings is 1. The van der Waals surface area contributed by atoms with E-state index in [1.807, 2.05) is 4.90 Å². The lowest BCUT2D eigenvalue weighted by molar-refractivity contribution is 0.0950. The number of hydrogen-bond acceptors (Lipinski definition) is 6. The highest BCUT2D eigenvalue weighted by molar-refractivity contribution is 5.93. The molecule has 0 radical (unpaired) electrons. The third kappa shape index (κ3) is 3.78. The van der Waals surface area contributed by atoms with Crippen molar-refractivity contribution in [3.05, 3.63) is 47.7 Å². The lowest BCUT2D eigenvalue weighted by Gasteiger charge is -2.29. The van der Waals surface area contributed by atoms with Crippen LogP contribution in [0.15, 0.2) is 30.7 Å². The largest absolute Gasteiger partial charge is 0.378 e. The van der Waals surface area contributed by atoms with E-state index < -0.39 is 5.82 Å². The smallest absolute Gasteiger partial charge is 0.253 e. The van der Waals surface area contributed by atoms with Crippen LogP contribution >= 0.6 is 0 Å². The Labute approximate surface area is 132 Å². The third-order valence-electron chi connectivity index (χ3n) is 3.51. The van der Waals surface area contributed by atoms with Crippen LogP contribution in [0.3, 0.4) is 0 Å². The van der Waals surface area contributed by atoms with Gasteiger partial charge in [-0.3, -0.25) is 4.79 Å². The predicted molar refractivity (Wildman–Crippen MR) is 80.4 cm³/mol. The highest BCUT2D eigenvalue weighted by Crippen LogP contribution is 2.19. The van der Waals surface area contributed by atoms with E-state index in [0.717, 1.165) is 0 Å². The summed E-state index contributed by atoms with van der Waals surface area (Å²) in [5, 5.41) is 10.0. The van der Waals surface area contributed by atoms with E-state index in [0.29, 0.717) is 43.2 Å². The summed E-state index contributed by atoms with van der Waals surface area (Å²) < 4.78 is 18.8. The number of ether oxygens (including phenoxy) is 1. The van der Waals surface area contributed by atoms with E-state index in [-0.39, 0.29) is 12.5 Å². The predicted octanol–water partition coefficient (Wildman–Crippen LogP) is 0.777. The van der Waals surface area contributed by atoms with Crippen molar-refractivity contribution < 1.29 is 13.9 Å². The Kier molecular flexibility index (Phi) is 4.72. The van der Waals surface area contributed by atoms with Crippen LogP contribution in [0, 0.1) is 5.82 Å². The molecule has 0 saturated carbocycles. The van der Waals surface area contributed by atoms with E-state index in [4.69, 9.17) is 4.74 Å². The molecular formula is C15H16FN5O2. The molecule has 3 heterocycles. The highest BCUT2D eigenvalue weighted by Gasteiger charge is 2.17. The number of carbonyl (C=O) groups is 1. The van der Waals surface area contributed by atoms with Gasteiger partial charge in [0.25, 0.3) is 5.91 Å². The molecule has 1 aliphatic rings. The Hall–Kier alpha value is -2.61. The van der Waals surface area contributed by atoms with Gasteiger partial charge in [-0.2, -0.15) is 10.2 Å². The zero-order chi connectivity index (χ0) is 16.1. The number of nitrogens with zero attached hydrogens (tertiary/aromatic N) is 4. The van der Waals surface area contributed by atoms with E-state index >= 15 is 0 Å². The molecule has 1 fully saturated rings. The van der Waals surface area contributed by atoms with Crippen LogP contribution in [0.4, 0.5) is 10.2 Å². The van der Waals surface area contributed by atoms with Gasteiger partial charge in [0.2, 0.25) is 0 Å². The van der Waals surface area contributed by atoms with E-state index in [9.17, 15) is 9.18 Å². The van der Waals surface area contributed by atoms with E-state index in [1.165, 1.54) is 24.7 Å². The lowest BCUT2D eigenvalue weighted by Crippen LogP contribution is -2.38. The molecule has 3 rings (SSSR count). The second-order valence-electron chi connectivity index (χ2n) is 5.05. The highest BCUT2D eigenvalue weighted by atomic mass is 19.1. The van der Waals surface area contributed by atoms with Crippen LogP contribution in [0.5, 0.6) is 0 Å². The normalized spacial score (nSPS) is 14.6. The summed E-state index contributed by atoms with van der Waals surface area (Å²) in [7, 11) is 0. The molecule has 1 N–H and O–H groups in total. The van der Waals surface area contributed by atoms with Gasteiger partial charge in [-0.25, -0.2) is 9.37 Å². The maximum atomic E-state index is 13.5. The number of amides is 1. The molecular weight excluding hydrogens is 301 g/mol. The Balaban J connectivity index is 1.73. The molecule has 0 bridgehead atoms. The van der Waals surface area contributed by atoms with Crippen molar-refractivity contribution in [3.63, 3.8) is 0 Å². The summed E-state index contributed by atoms with van der Waals surface area (Å²) in [4.78, 5) is 18.3. The third-order valence-corrected chi connectivity index (χ3v) is 3.51. The summed E-state index contributed by atoms with van der Waals surface area (Å²) in [6, 6.07) is 2.96. The van der Waals surface area contributed by atoms with E-state index in [1.54, 1.807) is 6.07 Å². The average molecular weight is 317 g/mol. The van der Waals surface area contributed by atoms with Crippen molar-refractivity contribution >= 4 is 11.7 Å². The fraction of sp³-hybridized carbons (Fsp3) is 0.333. The summed E-state index contributed by atoms with van der Waals surface area (Å²) in [6.45, 7) is 2.77. The molecule has 120 valence electrons. The first-order chi connectivity index (χ1) is 11.2.